The van der Waals surface area contributed by atoms with E-state index in [1.54, 1.807) is 20.2 Å². The Labute approximate surface area is 84.2 Å². The van der Waals surface area contributed by atoms with E-state index in [1.807, 2.05) is 11.5 Å². The Hall–Kier alpha value is -0.940. The van der Waals surface area contributed by atoms with Crippen molar-refractivity contribution in [2.75, 3.05) is 6.54 Å². The fourth-order valence-electron chi connectivity index (χ4n) is 1.16. The third-order valence-corrected chi connectivity index (χ3v) is 1.88. The molecule has 2 N–H and O–H groups in total. The smallest absolute Gasteiger partial charge is 0.146 e. The summed E-state index contributed by atoms with van der Waals surface area (Å²) in [6.45, 7) is 7.63. The Kier molecular flexibility index (Phi) is 3.60. The molecule has 0 fully saturated rings. The van der Waals surface area contributed by atoms with Gasteiger partial charge in [-0.3, -0.25) is 0 Å². The highest BCUT2D eigenvalue weighted by Crippen LogP contribution is 1.99. The number of hydrogen-bond donors (Lipinski definition) is 2. The van der Waals surface area contributed by atoms with E-state index in [2.05, 4.69) is 15.5 Å². The first kappa shape index (κ1) is 11.1. The molecule has 0 atom stereocenters. The van der Waals surface area contributed by atoms with Crippen LogP contribution in [0.2, 0.25) is 0 Å². The molecule has 0 bridgehead atoms. The first-order chi connectivity index (χ1) is 6.53. The topological polar surface area (TPSA) is 63.0 Å². The quantitative estimate of drug-likeness (QED) is 0.707. The predicted octanol–water partition coefficient (Wildman–Crippen LogP) is 0.158. The molecule has 0 radical (unpaired) electrons. The van der Waals surface area contributed by atoms with Gasteiger partial charge in [-0.25, -0.2) is 0 Å². The molecule has 5 heteroatoms. The summed E-state index contributed by atoms with van der Waals surface area (Å²) in [5, 5.41) is 20.4. The van der Waals surface area contributed by atoms with Gasteiger partial charge in [-0.2, -0.15) is 0 Å². The normalized spacial score (nSPS) is 12.0. The molecule has 0 saturated carbocycles. The number of hydrogen-bond acceptors (Lipinski definition) is 4. The molecule has 0 saturated heterocycles. The number of aryl methyl sites for hydroxylation is 1. The second-order valence-corrected chi connectivity index (χ2v) is 3.95. The van der Waals surface area contributed by atoms with E-state index in [1.165, 1.54) is 0 Å². The molecule has 0 amide bonds. The largest absolute Gasteiger partial charge is 0.389 e. The second-order valence-electron chi connectivity index (χ2n) is 3.95. The van der Waals surface area contributed by atoms with Gasteiger partial charge in [-0.15, -0.1) is 10.2 Å². The molecule has 80 valence electrons. The van der Waals surface area contributed by atoms with Gasteiger partial charge >= 0.3 is 0 Å². The van der Waals surface area contributed by atoms with E-state index in [-0.39, 0.29) is 0 Å². The number of nitrogens with one attached hydrogen (secondary N) is 1. The van der Waals surface area contributed by atoms with Gasteiger partial charge in [0.15, 0.2) is 0 Å². The van der Waals surface area contributed by atoms with Crippen LogP contribution in [-0.4, -0.2) is 32.0 Å². The van der Waals surface area contributed by atoms with E-state index in [0.717, 1.165) is 12.4 Å². The van der Waals surface area contributed by atoms with Crippen molar-refractivity contribution in [3.05, 3.63) is 12.2 Å². The molecule has 0 aliphatic carbocycles. The minimum absolute atomic E-state index is 0.545. The lowest BCUT2D eigenvalue weighted by atomic mass is 10.1. The van der Waals surface area contributed by atoms with E-state index >= 15 is 0 Å². The average molecular weight is 198 g/mol. The van der Waals surface area contributed by atoms with Crippen molar-refractivity contribution in [2.24, 2.45) is 0 Å². The van der Waals surface area contributed by atoms with Crippen LogP contribution in [-0.2, 0) is 13.1 Å². The summed E-state index contributed by atoms with van der Waals surface area (Å²) in [6, 6.07) is 0. The molecule has 0 aliphatic heterocycles. The standard InChI is InChI=1S/C9H18N4O/c1-4-13-7-11-12-8(13)5-10-6-9(2,3)14/h7,10,14H,4-6H2,1-3H3. The Bertz CT molecular complexity index is 277. The molecule has 1 heterocycles. The van der Waals surface area contributed by atoms with Gasteiger partial charge in [-0.05, 0) is 20.8 Å². The second kappa shape index (κ2) is 4.52. The van der Waals surface area contributed by atoms with E-state index in [9.17, 15) is 5.11 Å². The summed E-state index contributed by atoms with van der Waals surface area (Å²) in [5.41, 5.74) is -0.683. The number of aromatic nitrogens is 3. The van der Waals surface area contributed by atoms with Crippen molar-refractivity contribution in [1.82, 2.24) is 20.1 Å². The van der Waals surface area contributed by atoms with Gasteiger partial charge in [0.1, 0.15) is 12.2 Å². The Balaban J connectivity index is 2.38. The summed E-state index contributed by atoms with van der Waals surface area (Å²) in [7, 11) is 0. The average Bonchev–Trinajstić information content (AvgIpc) is 2.49. The molecule has 0 spiro atoms. The van der Waals surface area contributed by atoms with Crippen LogP contribution < -0.4 is 5.32 Å². The number of nitrogens with zero attached hydrogens (tertiary/aromatic N) is 3. The summed E-state index contributed by atoms with van der Waals surface area (Å²) in [5.74, 6) is 0.900. The number of aliphatic hydroxyl groups is 1. The molecule has 14 heavy (non-hydrogen) atoms. The maximum absolute atomic E-state index is 9.47. The fraction of sp³-hybridized carbons (Fsp3) is 0.778. The zero-order valence-corrected chi connectivity index (χ0v) is 8.99. The monoisotopic (exact) mass is 198 g/mol. The highest BCUT2D eigenvalue weighted by Gasteiger charge is 2.11. The molecule has 0 aromatic carbocycles. The lowest BCUT2D eigenvalue weighted by molar-refractivity contribution is 0.0792. The van der Waals surface area contributed by atoms with Crippen LogP contribution in [0, 0.1) is 0 Å². The fourth-order valence-corrected chi connectivity index (χ4v) is 1.16. The van der Waals surface area contributed by atoms with Crippen molar-refractivity contribution >= 4 is 0 Å². The van der Waals surface area contributed by atoms with Crippen molar-refractivity contribution < 1.29 is 5.11 Å². The van der Waals surface area contributed by atoms with Crippen LogP contribution >= 0.6 is 0 Å². The predicted molar refractivity (Wildman–Crippen MR) is 53.7 cm³/mol. The highest BCUT2D eigenvalue weighted by atomic mass is 16.3. The molecule has 1 rings (SSSR count). The molecular formula is C9H18N4O. The summed E-state index contributed by atoms with van der Waals surface area (Å²) >= 11 is 0. The molecule has 0 unspecified atom stereocenters. The summed E-state index contributed by atoms with van der Waals surface area (Å²) in [6.07, 6.45) is 1.71. The SMILES string of the molecule is CCn1cnnc1CNCC(C)(C)O. The van der Waals surface area contributed by atoms with E-state index < -0.39 is 5.60 Å². The molecular weight excluding hydrogens is 180 g/mol. The number of rotatable bonds is 5. The van der Waals surface area contributed by atoms with Crippen LogP contribution in [0.15, 0.2) is 6.33 Å². The Morgan fingerprint density at radius 2 is 2.29 bits per heavy atom. The van der Waals surface area contributed by atoms with Crippen molar-refractivity contribution in [1.29, 1.82) is 0 Å². The van der Waals surface area contributed by atoms with Crippen LogP contribution in [0.4, 0.5) is 0 Å². The van der Waals surface area contributed by atoms with Gasteiger partial charge in [-0.1, -0.05) is 0 Å². The van der Waals surface area contributed by atoms with Crippen molar-refractivity contribution in [3.63, 3.8) is 0 Å². The summed E-state index contributed by atoms with van der Waals surface area (Å²) in [4.78, 5) is 0. The van der Waals surface area contributed by atoms with Crippen LogP contribution in [0.25, 0.3) is 0 Å². The minimum atomic E-state index is -0.683. The van der Waals surface area contributed by atoms with Crippen molar-refractivity contribution in [2.45, 2.75) is 39.5 Å². The van der Waals surface area contributed by atoms with Gasteiger partial charge in [0.05, 0.1) is 12.1 Å². The third kappa shape index (κ3) is 3.43. The van der Waals surface area contributed by atoms with Gasteiger partial charge < -0.3 is 15.0 Å². The van der Waals surface area contributed by atoms with Crippen LogP contribution in [0.1, 0.15) is 26.6 Å². The Morgan fingerprint density at radius 1 is 1.57 bits per heavy atom. The lowest BCUT2D eigenvalue weighted by Crippen LogP contribution is -2.34. The maximum atomic E-state index is 9.47. The van der Waals surface area contributed by atoms with Crippen LogP contribution in [0.3, 0.4) is 0 Å². The van der Waals surface area contributed by atoms with Gasteiger partial charge in [0.2, 0.25) is 0 Å². The first-order valence-electron chi connectivity index (χ1n) is 4.82. The molecule has 1 aromatic rings. The van der Waals surface area contributed by atoms with Gasteiger partial charge in [0, 0.05) is 13.1 Å². The lowest BCUT2D eigenvalue weighted by Gasteiger charge is -2.17. The van der Waals surface area contributed by atoms with Crippen LogP contribution in [0.5, 0.6) is 0 Å². The highest BCUT2D eigenvalue weighted by molar-refractivity contribution is 4.85. The van der Waals surface area contributed by atoms with E-state index in [4.69, 9.17) is 0 Å². The zero-order chi connectivity index (χ0) is 10.6. The first-order valence-corrected chi connectivity index (χ1v) is 4.82. The van der Waals surface area contributed by atoms with Crippen molar-refractivity contribution in [3.8, 4) is 0 Å². The molecule has 5 nitrogen and oxygen atoms in total. The third-order valence-electron chi connectivity index (χ3n) is 1.88. The van der Waals surface area contributed by atoms with E-state index in [0.29, 0.717) is 13.1 Å². The Morgan fingerprint density at radius 3 is 2.86 bits per heavy atom. The maximum Gasteiger partial charge on any atom is 0.146 e. The molecule has 0 aliphatic rings. The van der Waals surface area contributed by atoms with Gasteiger partial charge in [0.25, 0.3) is 0 Å². The molecule has 1 aromatic heterocycles. The minimum Gasteiger partial charge on any atom is -0.389 e. The summed E-state index contributed by atoms with van der Waals surface area (Å²) < 4.78 is 1.97. The zero-order valence-electron chi connectivity index (χ0n) is 8.99.